The van der Waals surface area contributed by atoms with Crippen LogP contribution >= 0.6 is 0 Å². The molecule has 0 aromatic rings. The van der Waals surface area contributed by atoms with Gasteiger partial charge in [-0.2, -0.15) is 0 Å². The molecule has 0 saturated heterocycles. The van der Waals surface area contributed by atoms with E-state index in [-0.39, 0.29) is 53.2 Å². The van der Waals surface area contributed by atoms with Gasteiger partial charge in [-0.25, -0.2) is 0 Å². The Morgan fingerprint density at radius 3 is 1.60 bits per heavy atom. The topological polar surface area (TPSA) is 20.2 Å². The van der Waals surface area contributed by atoms with Crippen molar-refractivity contribution in [2.75, 3.05) is 6.61 Å². The molecule has 1 nitrogen and oxygen atoms in total. The van der Waals surface area contributed by atoms with Crippen LogP contribution in [0.5, 0.6) is 0 Å². The summed E-state index contributed by atoms with van der Waals surface area (Å²) in [4.78, 5) is 0. The number of hydrogen-bond donors (Lipinski definition) is 1. The summed E-state index contributed by atoms with van der Waals surface area (Å²) in [7, 11) is 0. The minimum atomic E-state index is 0. The molecule has 0 bridgehead atoms. The number of aliphatic hydroxyl groups excluding tert-OH is 1. The number of rotatable bonds is 0. The van der Waals surface area contributed by atoms with Crippen molar-refractivity contribution in [3.8, 4) is 0 Å². The molecule has 5 heavy (non-hydrogen) atoms. The average Bonchev–Trinajstić information content (AvgIpc) is 0.918. The molecule has 0 rings (SSSR count). The summed E-state index contributed by atoms with van der Waals surface area (Å²) in [5, 5.41) is 7.57. The summed E-state index contributed by atoms with van der Waals surface area (Å²) in [5.41, 5.74) is 0. The fourth-order valence-corrected chi connectivity index (χ4v) is 0. The van der Waals surface area contributed by atoms with Crippen LogP contribution in [0, 0.1) is 0 Å². The molecule has 0 saturated carbocycles. The van der Waals surface area contributed by atoms with Crippen molar-refractivity contribution in [1.82, 2.24) is 0 Å². The van der Waals surface area contributed by atoms with Crippen molar-refractivity contribution in [1.29, 1.82) is 0 Å². The first-order valence-electron chi connectivity index (χ1n) is 1.02. The van der Waals surface area contributed by atoms with Crippen molar-refractivity contribution >= 4 is 46.6 Å². The average molecular weight is 150 g/mol. The van der Waals surface area contributed by atoms with E-state index in [4.69, 9.17) is 5.11 Å². The predicted molar refractivity (Wildman–Crippen MR) is 27.1 cm³/mol. The van der Waals surface area contributed by atoms with Crippen LogP contribution in [0.1, 0.15) is 6.92 Å². The Kier molecular flexibility index (Phi) is 57.5. The molecule has 1 radical (unpaired) electrons. The van der Waals surface area contributed by atoms with Crippen LogP contribution in [-0.4, -0.2) is 58.3 Å². The van der Waals surface area contributed by atoms with Gasteiger partial charge in [0.1, 0.15) is 0 Å². The van der Waals surface area contributed by atoms with Crippen molar-refractivity contribution in [2.45, 2.75) is 6.92 Å². The van der Waals surface area contributed by atoms with Gasteiger partial charge < -0.3 is 5.11 Å². The third-order valence-corrected chi connectivity index (χ3v) is 0. The van der Waals surface area contributed by atoms with E-state index >= 15 is 0 Å². The van der Waals surface area contributed by atoms with Crippen molar-refractivity contribution in [2.24, 2.45) is 0 Å². The van der Waals surface area contributed by atoms with Gasteiger partial charge in [0.05, 0.1) is 0 Å². The van der Waals surface area contributed by atoms with Crippen molar-refractivity contribution < 1.29 is 5.11 Å². The monoisotopic (exact) mass is 151 g/mol. The third kappa shape index (κ3) is 30.3. The third-order valence-electron chi connectivity index (χ3n) is 0. The Bertz CT molecular complexity index is 9.61. The summed E-state index contributed by atoms with van der Waals surface area (Å²) >= 11 is 0. The van der Waals surface area contributed by atoms with E-state index < -0.39 is 0 Å². The van der Waals surface area contributed by atoms with Gasteiger partial charge in [0.2, 0.25) is 0 Å². The van der Waals surface area contributed by atoms with Crippen molar-refractivity contribution in [3.63, 3.8) is 0 Å². The van der Waals surface area contributed by atoms with Crippen LogP contribution in [0.2, 0.25) is 0 Å². The molecule has 0 aliphatic heterocycles. The Morgan fingerprint density at radius 1 is 1.60 bits per heavy atom. The van der Waals surface area contributed by atoms with Gasteiger partial charge in [-0.3, -0.25) is 0 Å². The van der Waals surface area contributed by atoms with Crippen LogP contribution in [0.15, 0.2) is 0 Å². The van der Waals surface area contributed by atoms with Crippen LogP contribution < -0.4 is 0 Å². The molecule has 0 atom stereocenters. The molecule has 0 aromatic heterocycles. The molecule has 0 aromatic carbocycles. The zero-order valence-corrected chi connectivity index (χ0v) is 7.75. The first-order valence-corrected chi connectivity index (χ1v) is 1.02. The van der Waals surface area contributed by atoms with Gasteiger partial charge >= 0.3 is 17.1 Å². The minimum absolute atomic E-state index is 0. The Balaban J connectivity index is -0.0000000200. The van der Waals surface area contributed by atoms with Crippen LogP contribution in [0.4, 0.5) is 0 Å². The van der Waals surface area contributed by atoms with Crippen LogP contribution in [-0.2, 0) is 0 Å². The summed E-state index contributed by atoms with van der Waals surface area (Å²) in [6.45, 7) is 1.93. The van der Waals surface area contributed by atoms with Gasteiger partial charge in [0.25, 0.3) is 0 Å². The van der Waals surface area contributed by atoms with E-state index in [2.05, 4.69) is 0 Å². The second kappa shape index (κ2) is 17.9. The van der Waals surface area contributed by atoms with E-state index in [0.29, 0.717) is 0 Å². The maximum absolute atomic E-state index is 7.57. The quantitative estimate of drug-likeness (QED) is 0.425. The standard InChI is InChI=1S/C2H6O.Na.H2Se/c1-2-3;;/h3H,2H2,1H3;;1H2. The predicted octanol–water partition coefficient (Wildman–Crippen LogP) is -1.30. The molecule has 3 heteroatoms. The van der Waals surface area contributed by atoms with E-state index in [0.717, 1.165) is 0 Å². The number of hydrogen-bond acceptors (Lipinski definition) is 1. The summed E-state index contributed by atoms with van der Waals surface area (Å²) in [6.07, 6.45) is 0. The van der Waals surface area contributed by atoms with E-state index in [1.54, 1.807) is 6.92 Å². The molecule has 0 aliphatic carbocycles. The van der Waals surface area contributed by atoms with Crippen molar-refractivity contribution in [3.05, 3.63) is 0 Å². The van der Waals surface area contributed by atoms with Gasteiger partial charge in [-0.1, -0.05) is 0 Å². The fraction of sp³-hybridized carbons (Fsp3) is 1.00. The molecular weight excluding hydrogens is 142 g/mol. The summed E-state index contributed by atoms with van der Waals surface area (Å²) in [6, 6.07) is 0. The normalized spacial score (nSPS) is 3.60. The van der Waals surface area contributed by atoms with E-state index in [1.165, 1.54) is 0 Å². The zero-order chi connectivity index (χ0) is 2.71. The second-order valence-corrected chi connectivity index (χ2v) is 0.316. The van der Waals surface area contributed by atoms with E-state index in [1.807, 2.05) is 0 Å². The van der Waals surface area contributed by atoms with Gasteiger partial charge in [0, 0.05) is 36.2 Å². The van der Waals surface area contributed by atoms with Gasteiger partial charge in [0.15, 0.2) is 0 Å². The molecule has 0 spiro atoms. The Labute approximate surface area is 64.9 Å². The summed E-state index contributed by atoms with van der Waals surface area (Å²) in [5.74, 6) is 0. The molecule has 29 valence electrons. The van der Waals surface area contributed by atoms with E-state index in [9.17, 15) is 0 Å². The van der Waals surface area contributed by atoms with Gasteiger partial charge in [-0.15, -0.1) is 0 Å². The van der Waals surface area contributed by atoms with Gasteiger partial charge in [-0.05, 0) is 6.92 Å². The molecule has 0 fully saturated rings. The summed E-state index contributed by atoms with van der Waals surface area (Å²) < 4.78 is 0. The SMILES string of the molecule is CCO.[Na].[SeH2]. The Hall–Kier alpha value is 1.48. The van der Waals surface area contributed by atoms with Crippen LogP contribution in [0.3, 0.4) is 0 Å². The first-order chi connectivity index (χ1) is 1.41. The molecule has 0 heterocycles. The Morgan fingerprint density at radius 2 is 1.60 bits per heavy atom. The zero-order valence-electron chi connectivity index (χ0n) is 3.65. The molecule has 0 amide bonds. The maximum atomic E-state index is 7.57. The second-order valence-electron chi connectivity index (χ2n) is 0.316. The molecule has 0 unspecified atom stereocenters. The first kappa shape index (κ1) is 16.1. The molecular formula is C2H8NaOSe. The fourth-order valence-electron chi connectivity index (χ4n) is 0. The number of aliphatic hydroxyl groups is 1. The molecule has 1 N–H and O–H groups in total. The van der Waals surface area contributed by atoms with Crippen LogP contribution in [0.25, 0.3) is 0 Å². The molecule has 0 aliphatic rings.